The molecule has 1 saturated heterocycles. The minimum atomic E-state index is -0.527. The van der Waals surface area contributed by atoms with Gasteiger partial charge in [-0.1, -0.05) is 0 Å². The van der Waals surface area contributed by atoms with Gasteiger partial charge in [0, 0.05) is 18.1 Å². The Morgan fingerprint density at radius 3 is 3.00 bits per heavy atom. The molecule has 25 heavy (non-hydrogen) atoms. The van der Waals surface area contributed by atoms with E-state index in [0.29, 0.717) is 30.4 Å². The van der Waals surface area contributed by atoms with Crippen molar-refractivity contribution in [1.82, 2.24) is 10.3 Å². The fraction of sp³-hybridized carbons (Fsp3) is 0.444. The van der Waals surface area contributed by atoms with E-state index in [4.69, 9.17) is 19.9 Å². The molecule has 1 aromatic heterocycles. The zero-order valence-corrected chi connectivity index (χ0v) is 14.5. The van der Waals surface area contributed by atoms with Gasteiger partial charge in [0.05, 0.1) is 30.9 Å². The first-order valence-corrected chi connectivity index (χ1v) is 8.37. The highest BCUT2D eigenvalue weighted by atomic mass is 16.5. The van der Waals surface area contributed by atoms with Crippen molar-refractivity contribution in [3.8, 4) is 11.6 Å². The van der Waals surface area contributed by atoms with Crippen LogP contribution < -0.4 is 20.5 Å². The van der Waals surface area contributed by atoms with Crippen LogP contribution in [0, 0.1) is 0 Å². The van der Waals surface area contributed by atoms with Crippen molar-refractivity contribution in [3.63, 3.8) is 0 Å². The largest absolute Gasteiger partial charge is 0.490 e. The topological polar surface area (TPSA) is 95.7 Å². The number of pyridine rings is 1. The second kappa shape index (κ2) is 7.67. The number of hydrogen-bond acceptors (Lipinski definition) is 6. The lowest BCUT2D eigenvalue weighted by Gasteiger charge is -2.23. The average molecular weight is 345 g/mol. The number of ether oxygens (including phenoxy) is 3. The van der Waals surface area contributed by atoms with Crippen LogP contribution in [-0.2, 0) is 4.74 Å². The highest BCUT2D eigenvalue weighted by Crippen LogP contribution is 2.31. The van der Waals surface area contributed by atoms with Crippen LogP contribution in [0.4, 0.5) is 0 Å². The van der Waals surface area contributed by atoms with Gasteiger partial charge < -0.3 is 25.3 Å². The molecular weight excluding hydrogens is 322 g/mol. The van der Waals surface area contributed by atoms with Gasteiger partial charge in [0.15, 0.2) is 0 Å². The predicted molar refractivity (Wildman–Crippen MR) is 94.1 cm³/mol. The monoisotopic (exact) mass is 345 g/mol. The number of carbonyl (C=O) groups excluding carboxylic acids is 1. The number of primary amides is 1. The van der Waals surface area contributed by atoms with E-state index < -0.39 is 5.91 Å². The number of benzene rings is 1. The first kappa shape index (κ1) is 17.4. The summed E-state index contributed by atoms with van der Waals surface area (Å²) in [5.74, 6) is 0.404. The molecule has 1 amide bonds. The van der Waals surface area contributed by atoms with E-state index in [0.717, 1.165) is 23.9 Å². The third-order valence-corrected chi connectivity index (χ3v) is 3.88. The van der Waals surface area contributed by atoms with Crippen LogP contribution in [0.1, 0.15) is 24.2 Å². The van der Waals surface area contributed by atoms with Crippen molar-refractivity contribution in [2.45, 2.75) is 26.0 Å². The van der Waals surface area contributed by atoms with Gasteiger partial charge in [-0.25, -0.2) is 4.98 Å². The molecule has 1 aliphatic heterocycles. The summed E-state index contributed by atoms with van der Waals surface area (Å²) in [4.78, 5) is 16.1. The highest BCUT2D eigenvalue weighted by molar-refractivity contribution is 6.01. The molecule has 1 fully saturated rings. The van der Waals surface area contributed by atoms with E-state index in [1.807, 2.05) is 19.9 Å². The smallest absolute Gasteiger partial charge is 0.252 e. The van der Waals surface area contributed by atoms with E-state index in [9.17, 15) is 4.79 Å². The van der Waals surface area contributed by atoms with Crippen molar-refractivity contribution < 1.29 is 19.0 Å². The Hall–Kier alpha value is -2.38. The molecule has 1 aromatic carbocycles. The Morgan fingerprint density at radius 1 is 1.48 bits per heavy atom. The minimum absolute atomic E-state index is 0.0832. The molecule has 2 aromatic rings. The summed E-state index contributed by atoms with van der Waals surface area (Å²) < 4.78 is 17.1. The Labute approximate surface area is 146 Å². The molecule has 0 spiro atoms. The predicted octanol–water partition coefficient (Wildman–Crippen LogP) is 1.49. The number of morpholine rings is 1. The SMILES string of the molecule is CC(C)Oc1cc2c(OC[C@@H]3COCCN3)nccc2cc1C(N)=O. The number of carbonyl (C=O) groups is 1. The maximum atomic E-state index is 11.7. The summed E-state index contributed by atoms with van der Waals surface area (Å²) in [6.07, 6.45) is 1.57. The van der Waals surface area contributed by atoms with Crippen molar-refractivity contribution in [1.29, 1.82) is 0 Å². The molecule has 0 aliphatic carbocycles. The summed E-state index contributed by atoms with van der Waals surface area (Å²) in [6, 6.07) is 5.42. The first-order valence-electron chi connectivity index (χ1n) is 8.37. The number of nitrogens with zero attached hydrogens (tertiary/aromatic N) is 1. The zero-order valence-electron chi connectivity index (χ0n) is 14.5. The molecule has 7 heteroatoms. The molecule has 1 atom stereocenters. The normalized spacial score (nSPS) is 17.6. The average Bonchev–Trinajstić information content (AvgIpc) is 2.59. The van der Waals surface area contributed by atoms with Crippen molar-refractivity contribution in [2.75, 3.05) is 26.4 Å². The van der Waals surface area contributed by atoms with E-state index in [2.05, 4.69) is 10.3 Å². The third kappa shape index (κ3) is 4.18. The lowest BCUT2D eigenvalue weighted by Crippen LogP contribution is -2.44. The molecule has 0 saturated carbocycles. The highest BCUT2D eigenvalue weighted by Gasteiger charge is 2.17. The third-order valence-electron chi connectivity index (χ3n) is 3.88. The van der Waals surface area contributed by atoms with Crippen LogP contribution >= 0.6 is 0 Å². The number of aromatic nitrogens is 1. The van der Waals surface area contributed by atoms with E-state index in [1.54, 1.807) is 18.3 Å². The number of amides is 1. The van der Waals surface area contributed by atoms with Crippen molar-refractivity contribution in [3.05, 3.63) is 30.0 Å². The molecule has 1 aliphatic rings. The standard InChI is InChI=1S/C18H23N3O4/c1-11(2)25-16-8-14-12(7-15(16)17(19)22)3-4-21-18(14)24-10-13-9-23-6-5-20-13/h3-4,7-8,11,13,20H,5-6,9-10H2,1-2H3,(H2,19,22)/t13-/m0/s1. The molecule has 134 valence electrons. The van der Waals surface area contributed by atoms with Gasteiger partial charge in [-0.3, -0.25) is 4.79 Å². The van der Waals surface area contributed by atoms with Crippen LogP contribution in [0.25, 0.3) is 10.8 Å². The summed E-state index contributed by atoms with van der Waals surface area (Å²) in [5.41, 5.74) is 5.84. The van der Waals surface area contributed by atoms with Gasteiger partial charge in [0.2, 0.25) is 5.88 Å². The van der Waals surface area contributed by atoms with Crippen LogP contribution in [0.3, 0.4) is 0 Å². The Morgan fingerprint density at radius 2 is 2.32 bits per heavy atom. The Bertz CT molecular complexity index is 757. The first-order chi connectivity index (χ1) is 12.0. The van der Waals surface area contributed by atoms with E-state index in [1.165, 1.54) is 0 Å². The molecule has 3 N–H and O–H groups in total. The fourth-order valence-corrected chi connectivity index (χ4v) is 2.74. The quantitative estimate of drug-likeness (QED) is 0.823. The zero-order chi connectivity index (χ0) is 17.8. The number of nitrogens with two attached hydrogens (primary N) is 1. The Kier molecular flexibility index (Phi) is 5.35. The van der Waals surface area contributed by atoms with Gasteiger partial charge in [0.1, 0.15) is 12.4 Å². The van der Waals surface area contributed by atoms with Crippen LogP contribution in [0.15, 0.2) is 24.4 Å². The Balaban J connectivity index is 1.91. The van der Waals surface area contributed by atoms with Crippen molar-refractivity contribution in [2.24, 2.45) is 5.73 Å². The summed E-state index contributed by atoms with van der Waals surface area (Å²) in [6.45, 7) is 6.37. The second-order valence-electron chi connectivity index (χ2n) is 6.25. The van der Waals surface area contributed by atoms with Gasteiger partial charge in [0.25, 0.3) is 5.91 Å². The van der Waals surface area contributed by atoms with Crippen LogP contribution in [-0.4, -0.2) is 49.4 Å². The van der Waals surface area contributed by atoms with E-state index >= 15 is 0 Å². The summed E-state index contributed by atoms with van der Waals surface area (Å²) in [7, 11) is 0. The maximum Gasteiger partial charge on any atom is 0.252 e. The number of rotatable bonds is 6. The number of hydrogen-bond donors (Lipinski definition) is 2. The molecule has 0 unspecified atom stereocenters. The van der Waals surface area contributed by atoms with Crippen LogP contribution in [0.2, 0.25) is 0 Å². The number of fused-ring (bicyclic) bond motifs is 1. The fourth-order valence-electron chi connectivity index (χ4n) is 2.74. The van der Waals surface area contributed by atoms with Gasteiger partial charge >= 0.3 is 0 Å². The molecule has 3 rings (SSSR count). The summed E-state index contributed by atoms with van der Waals surface area (Å²) >= 11 is 0. The summed E-state index contributed by atoms with van der Waals surface area (Å²) in [5, 5.41) is 4.93. The minimum Gasteiger partial charge on any atom is -0.490 e. The molecule has 0 bridgehead atoms. The molecule has 0 radical (unpaired) electrons. The van der Waals surface area contributed by atoms with Crippen LogP contribution in [0.5, 0.6) is 11.6 Å². The van der Waals surface area contributed by atoms with E-state index in [-0.39, 0.29) is 12.1 Å². The number of nitrogens with one attached hydrogen (secondary N) is 1. The second-order valence-corrected chi connectivity index (χ2v) is 6.25. The van der Waals surface area contributed by atoms with Gasteiger partial charge in [-0.05, 0) is 37.4 Å². The van der Waals surface area contributed by atoms with Gasteiger partial charge in [-0.2, -0.15) is 0 Å². The molecule has 7 nitrogen and oxygen atoms in total. The lowest BCUT2D eigenvalue weighted by molar-refractivity contribution is 0.0588. The van der Waals surface area contributed by atoms with Gasteiger partial charge in [-0.15, -0.1) is 0 Å². The molecular formula is C18H23N3O4. The van der Waals surface area contributed by atoms with Crippen molar-refractivity contribution >= 4 is 16.7 Å². The lowest BCUT2D eigenvalue weighted by atomic mass is 10.1. The molecule has 2 heterocycles. The maximum absolute atomic E-state index is 11.7.